The van der Waals surface area contributed by atoms with Gasteiger partial charge in [0.15, 0.2) is 0 Å². The number of phosphoric acid groups is 1. The Kier molecular flexibility index (Phi) is 8.27. The molecule has 0 rings (SSSR count). The highest BCUT2D eigenvalue weighted by molar-refractivity contribution is 7.45. The molecular weight excluding hydrogens is 182 g/mol. The lowest BCUT2D eigenvalue weighted by atomic mass is 15.8. The fourth-order valence-electron chi connectivity index (χ4n) is 0. The third-order valence-corrected chi connectivity index (χ3v) is 0. The zero-order chi connectivity index (χ0) is 7.21. The highest BCUT2D eigenvalue weighted by Crippen LogP contribution is 2.25. The molecule has 0 amide bonds. The van der Waals surface area contributed by atoms with Gasteiger partial charge in [0.1, 0.15) is 0 Å². The van der Waals surface area contributed by atoms with E-state index in [1.54, 1.807) is 0 Å². The minimum atomic E-state index is -4.64. The van der Waals surface area contributed by atoms with Gasteiger partial charge in [-0.2, -0.15) is 3.84 Å². The smallest absolute Gasteiger partial charge is 0.303 e. The number of hydrogen-bond acceptors (Lipinski definition) is 2. The summed E-state index contributed by atoms with van der Waals surface area (Å²) in [5.41, 5.74) is 0. The SMILES string of the molecule is ClOCl.O=P(O)(O)O. The zero-order valence-corrected chi connectivity index (χ0v) is 5.77. The van der Waals surface area contributed by atoms with Crippen LogP contribution in [0.25, 0.3) is 0 Å². The zero-order valence-electron chi connectivity index (χ0n) is 3.36. The lowest BCUT2D eigenvalue weighted by Gasteiger charge is -1.82. The number of halogens is 2. The average Bonchev–Trinajstić information content (AvgIpc) is 1.27. The van der Waals surface area contributed by atoms with Crippen molar-refractivity contribution in [2.75, 3.05) is 0 Å². The van der Waals surface area contributed by atoms with Gasteiger partial charge in [-0.1, -0.05) is 0 Å². The Labute approximate surface area is 55.4 Å². The Bertz CT molecular complexity index is 66.2. The Morgan fingerprint density at radius 2 is 1.25 bits per heavy atom. The van der Waals surface area contributed by atoms with E-state index in [0.29, 0.717) is 0 Å². The topological polar surface area (TPSA) is 87.0 Å². The van der Waals surface area contributed by atoms with Gasteiger partial charge in [-0.05, 0) is 0 Å². The molecular formula is H3Cl2O5P. The van der Waals surface area contributed by atoms with Crippen LogP contribution in [0.4, 0.5) is 0 Å². The maximum Gasteiger partial charge on any atom is 0.466 e. The van der Waals surface area contributed by atoms with E-state index >= 15 is 0 Å². The van der Waals surface area contributed by atoms with Crippen LogP contribution in [0.5, 0.6) is 0 Å². The molecule has 8 heavy (non-hydrogen) atoms. The maximum atomic E-state index is 8.88. The van der Waals surface area contributed by atoms with Gasteiger partial charge < -0.3 is 14.7 Å². The molecule has 0 radical (unpaired) electrons. The lowest BCUT2D eigenvalue weighted by Crippen LogP contribution is -1.66. The fraction of sp³-hybridized carbons (Fsp3) is 0. The second-order valence-corrected chi connectivity index (χ2v) is 2.06. The Morgan fingerprint density at radius 1 is 1.25 bits per heavy atom. The molecule has 0 fully saturated rings. The number of rotatable bonds is 0. The van der Waals surface area contributed by atoms with Crippen molar-refractivity contribution in [3.05, 3.63) is 0 Å². The standard InChI is InChI=1S/Cl2O.H3O4P/c1-3-2;1-5(2,3)4/h;(H3,1,2,3,4). The van der Waals surface area contributed by atoms with Gasteiger partial charge >= 0.3 is 7.82 Å². The van der Waals surface area contributed by atoms with E-state index in [1.807, 2.05) is 0 Å². The monoisotopic (exact) mass is 184 g/mol. The van der Waals surface area contributed by atoms with Crippen LogP contribution in [-0.4, -0.2) is 14.7 Å². The van der Waals surface area contributed by atoms with Crippen molar-refractivity contribution in [3.63, 3.8) is 0 Å². The maximum absolute atomic E-state index is 8.88. The van der Waals surface area contributed by atoms with Gasteiger partial charge in [0.25, 0.3) is 0 Å². The summed E-state index contributed by atoms with van der Waals surface area (Å²) in [6, 6.07) is 0. The molecule has 0 heterocycles. The van der Waals surface area contributed by atoms with Crippen LogP contribution in [0, 0.1) is 0 Å². The summed E-state index contributed by atoms with van der Waals surface area (Å²) in [6.45, 7) is 0. The van der Waals surface area contributed by atoms with Crippen LogP contribution in [0.1, 0.15) is 0 Å². The normalized spacial score (nSPS) is 9.62. The molecule has 0 bridgehead atoms. The van der Waals surface area contributed by atoms with E-state index in [1.165, 1.54) is 0 Å². The largest absolute Gasteiger partial charge is 0.466 e. The molecule has 0 aliphatic rings. The van der Waals surface area contributed by atoms with Crippen molar-refractivity contribution in [3.8, 4) is 0 Å². The third kappa shape index (κ3) is 502. The lowest BCUT2D eigenvalue weighted by molar-refractivity contribution is 0.275. The molecule has 8 heteroatoms. The Morgan fingerprint density at radius 3 is 1.25 bits per heavy atom. The van der Waals surface area contributed by atoms with Crippen molar-refractivity contribution in [2.24, 2.45) is 0 Å². The molecule has 0 saturated carbocycles. The Hall–Kier alpha value is 0.650. The van der Waals surface area contributed by atoms with Gasteiger partial charge in [0.05, 0.1) is 23.7 Å². The van der Waals surface area contributed by atoms with Crippen LogP contribution < -0.4 is 0 Å². The molecule has 5 nitrogen and oxygen atoms in total. The predicted molar refractivity (Wildman–Crippen MR) is 27.1 cm³/mol. The molecule has 0 aliphatic carbocycles. The second-order valence-electron chi connectivity index (χ2n) is 0.572. The van der Waals surface area contributed by atoms with Gasteiger partial charge in [0, 0.05) is 0 Å². The fourth-order valence-corrected chi connectivity index (χ4v) is 0. The van der Waals surface area contributed by atoms with E-state index in [4.69, 9.17) is 19.2 Å². The highest BCUT2D eigenvalue weighted by Gasteiger charge is 2.00. The summed E-state index contributed by atoms with van der Waals surface area (Å²) in [7, 11) is -4.64. The summed E-state index contributed by atoms with van der Waals surface area (Å²) < 4.78 is 12.1. The van der Waals surface area contributed by atoms with Crippen LogP contribution in [-0.2, 0) is 8.41 Å². The summed E-state index contributed by atoms with van der Waals surface area (Å²) in [6.07, 6.45) is 0. The van der Waals surface area contributed by atoms with Crippen LogP contribution in [0.15, 0.2) is 0 Å². The molecule has 0 aromatic carbocycles. The van der Waals surface area contributed by atoms with Crippen molar-refractivity contribution in [1.29, 1.82) is 0 Å². The molecule has 0 atom stereocenters. The van der Waals surface area contributed by atoms with E-state index in [9.17, 15) is 0 Å². The Balaban J connectivity index is 0. The van der Waals surface area contributed by atoms with Crippen molar-refractivity contribution in [1.82, 2.24) is 0 Å². The minimum Gasteiger partial charge on any atom is -0.303 e. The van der Waals surface area contributed by atoms with Crippen LogP contribution in [0.3, 0.4) is 0 Å². The summed E-state index contributed by atoms with van der Waals surface area (Å²) >= 11 is 8.53. The first kappa shape index (κ1) is 11.4. The second kappa shape index (κ2) is 5.78. The van der Waals surface area contributed by atoms with Crippen molar-refractivity contribution >= 4 is 31.6 Å². The van der Waals surface area contributed by atoms with E-state index in [-0.39, 0.29) is 0 Å². The quantitative estimate of drug-likeness (QED) is 0.474. The molecule has 0 aliphatic heterocycles. The molecule has 0 saturated heterocycles. The first-order valence-corrected chi connectivity index (χ1v) is 3.27. The van der Waals surface area contributed by atoms with Gasteiger partial charge in [-0.25, -0.2) is 4.57 Å². The minimum absolute atomic E-state index is 3.19. The van der Waals surface area contributed by atoms with Crippen LogP contribution in [0.2, 0.25) is 0 Å². The average molecular weight is 185 g/mol. The molecule has 0 aromatic heterocycles. The van der Waals surface area contributed by atoms with Crippen molar-refractivity contribution < 1.29 is 23.1 Å². The van der Waals surface area contributed by atoms with E-state index in [0.717, 1.165) is 0 Å². The molecule has 3 N–H and O–H groups in total. The van der Waals surface area contributed by atoms with Gasteiger partial charge in [-0.15, -0.1) is 0 Å². The summed E-state index contributed by atoms with van der Waals surface area (Å²) in [4.78, 5) is 21.6. The van der Waals surface area contributed by atoms with Crippen LogP contribution >= 0.6 is 31.6 Å². The molecule has 0 aromatic rings. The first-order chi connectivity index (χ1) is 3.41. The summed E-state index contributed by atoms with van der Waals surface area (Å²) in [5.74, 6) is 0. The molecule has 52 valence electrons. The predicted octanol–water partition coefficient (Wildman–Crippen LogP) is 0.382. The first-order valence-electron chi connectivity index (χ1n) is 1.09. The molecule has 0 spiro atoms. The van der Waals surface area contributed by atoms with E-state index < -0.39 is 7.82 Å². The number of hydrogen-bond donors (Lipinski definition) is 3. The van der Waals surface area contributed by atoms with E-state index in [2.05, 4.69) is 27.6 Å². The van der Waals surface area contributed by atoms with Crippen molar-refractivity contribution in [2.45, 2.75) is 0 Å². The summed E-state index contributed by atoms with van der Waals surface area (Å²) in [5, 5.41) is 0. The molecule has 0 unspecified atom stereocenters. The van der Waals surface area contributed by atoms with Gasteiger partial charge in [0.2, 0.25) is 0 Å². The van der Waals surface area contributed by atoms with Gasteiger partial charge in [-0.3, -0.25) is 0 Å². The third-order valence-electron chi connectivity index (χ3n) is 0. The highest BCUT2D eigenvalue weighted by atomic mass is 35.6.